The van der Waals surface area contributed by atoms with E-state index in [-0.39, 0.29) is 36.8 Å². The summed E-state index contributed by atoms with van der Waals surface area (Å²) in [6.07, 6.45) is 2.42. The number of rotatable bonds is 5. The van der Waals surface area contributed by atoms with Crippen molar-refractivity contribution in [2.45, 2.75) is 24.7 Å². The van der Waals surface area contributed by atoms with Gasteiger partial charge in [0.1, 0.15) is 25.2 Å². The minimum absolute atomic E-state index is 0.0389. The van der Waals surface area contributed by atoms with Crippen molar-refractivity contribution >= 4 is 17.6 Å². The van der Waals surface area contributed by atoms with E-state index in [1.54, 1.807) is 12.2 Å². The van der Waals surface area contributed by atoms with Gasteiger partial charge in [-0.1, -0.05) is 12.2 Å². The maximum absolute atomic E-state index is 13.1. The van der Waals surface area contributed by atoms with E-state index in [1.807, 2.05) is 0 Å². The van der Waals surface area contributed by atoms with Crippen LogP contribution in [0.2, 0.25) is 0 Å². The Bertz CT molecular complexity index is 809. The number of benzene rings is 1. The molecule has 1 aromatic carbocycles. The van der Waals surface area contributed by atoms with Crippen LogP contribution in [-0.4, -0.2) is 67.5 Å². The number of carbonyl (C=O) groups excluding carboxylic acids is 2. The minimum atomic E-state index is -0.573. The van der Waals surface area contributed by atoms with Crippen LogP contribution in [0, 0.1) is 10.1 Å². The summed E-state index contributed by atoms with van der Waals surface area (Å²) in [6.45, 7) is 0.0441. The number of nitrogens with zero attached hydrogens (tertiary/aromatic N) is 2. The van der Waals surface area contributed by atoms with E-state index in [0.717, 1.165) is 0 Å². The first-order valence-corrected chi connectivity index (χ1v) is 8.56. The lowest BCUT2D eigenvalue weighted by Gasteiger charge is -2.40. The molecule has 10 heteroatoms. The number of amides is 1. The van der Waals surface area contributed by atoms with Gasteiger partial charge < -0.3 is 23.8 Å². The molecule has 0 unspecified atom stereocenters. The molecule has 150 valence electrons. The number of fused-ring (bicyclic) bond motifs is 2. The first kappa shape index (κ1) is 19.8. The average molecular weight is 392 g/mol. The van der Waals surface area contributed by atoms with Gasteiger partial charge in [-0.15, -0.1) is 0 Å². The maximum atomic E-state index is 13.1. The molecular weight excluding hydrogens is 372 g/mol. The summed E-state index contributed by atoms with van der Waals surface area (Å²) in [6, 6.07) is 3.33. The molecule has 0 bridgehead atoms. The van der Waals surface area contributed by atoms with Crippen molar-refractivity contribution in [2.75, 3.05) is 27.6 Å². The van der Waals surface area contributed by atoms with E-state index < -0.39 is 35.0 Å². The van der Waals surface area contributed by atoms with Crippen LogP contribution in [0.5, 0.6) is 5.75 Å². The molecule has 2 heterocycles. The standard InChI is InChI=1S/C18H20N2O8/c1-25-10-19-14-5-4-12(8-17(21)26-2)28-16(14)9-27-15-6-3-11(20(23)24)7-13(15)18(19)22/h3-7,12,14,16H,8-10H2,1-2H3/t12-,14-,16-/m0/s1. The first-order chi connectivity index (χ1) is 13.4. The molecule has 0 saturated heterocycles. The number of hydrogen-bond acceptors (Lipinski definition) is 8. The highest BCUT2D eigenvalue weighted by Gasteiger charge is 2.38. The maximum Gasteiger partial charge on any atom is 0.308 e. The van der Waals surface area contributed by atoms with Gasteiger partial charge in [-0.3, -0.25) is 19.7 Å². The van der Waals surface area contributed by atoms with Crippen LogP contribution in [0.3, 0.4) is 0 Å². The van der Waals surface area contributed by atoms with E-state index >= 15 is 0 Å². The highest BCUT2D eigenvalue weighted by molar-refractivity contribution is 5.98. The predicted octanol–water partition coefficient (Wildman–Crippen LogP) is 1.29. The van der Waals surface area contributed by atoms with E-state index in [9.17, 15) is 19.7 Å². The number of methoxy groups -OCH3 is 2. The number of nitro benzene ring substituents is 1. The lowest BCUT2D eigenvalue weighted by Crippen LogP contribution is -2.53. The molecule has 0 N–H and O–H groups in total. The third-order valence-electron chi connectivity index (χ3n) is 4.55. The zero-order valence-corrected chi connectivity index (χ0v) is 15.4. The van der Waals surface area contributed by atoms with Crippen LogP contribution in [-0.2, 0) is 19.0 Å². The SMILES string of the molecule is COCN1C(=O)c2cc([N+](=O)[O-])ccc2OC[C@@H]2O[C@H](CC(=O)OC)C=C[C@@H]21. The summed E-state index contributed by atoms with van der Waals surface area (Å²) >= 11 is 0. The molecule has 0 radical (unpaired) electrons. The van der Waals surface area contributed by atoms with Crippen LogP contribution in [0.25, 0.3) is 0 Å². The summed E-state index contributed by atoms with van der Waals surface area (Å²) < 4.78 is 21.5. The third kappa shape index (κ3) is 3.97. The van der Waals surface area contributed by atoms with Crippen molar-refractivity contribution < 1.29 is 33.5 Å². The molecule has 2 aliphatic rings. The Balaban J connectivity index is 1.94. The van der Waals surface area contributed by atoms with E-state index in [1.165, 1.54) is 37.3 Å². The molecule has 0 fully saturated rings. The van der Waals surface area contributed by atoms with Crippen LogP contribution in [0.1, 0.15) is 16.8 Å². The molecule has 3 rings (SSSR count). The van der Waals surface area contributed by atoms with Gasteiger partial charge in [0, 0.05) is 19.2 Å². The van der Waals surface area contributed by atoms with Gasteiger partial charge in [-0.05, 0) is 6.07 Å². The molecule has 0 spiro atoms. The van der Waals surface area contributed by atoms with Gasteiger partial charge in [0.2, 0.25) is 0 Å². The largest absolute Gasteiger partial charge is 0.490 e. The highest BCUT2D eigenvalue weighted by Crippen LogP contribution is 2.31. The lowest BCUT2D eigenvalue weighted by atomic mass is 10.0. The number of ether oxygens (including phenoxy) is 4. The molecule has 1 aromatic rings. The van der Waals surface area contributed by atoms with Crippen molar-refractivity contribution in [1.82, 2.24) is 4.90 Å². The quantitative estimate of drug-likeness (QED) is 0.318. The topological polar surface area (TPSA) is 117 Å². The number of hydrogen-bond donors (Lipinski definition) is 0. The second-order valence-corrected chi connectivity index (χ2v) is 6.31. The number of esters is 1. The van der Waals surface area contributed by atoms with Crippen LogP contribution < -0.4 is 4.74 Å². The molecule has 28 heavy (non-hydrogen) atoms. The molecule has 3 atom stereocenters. The average Bonchev–Trinajstić information content (AvgIpc) is 2.69. The lowest BCUT2D eigenvalue weighted by molar-refractivity contribution is -0.384. The second-order valence-electron chi connectivity index (χ2n) is 6.31. The predicted molar refractivity (Wildman–Crippen MR) is 94.9 cm³/mol. The summed E-state index contributed by atoms with van der Waals surface area (Å²) in [4.78, 5) is 36.5. The van der Waals surface area contributed by atoms with Gasteiger partial charge in [-0.2, -0.15) is 0 Å². The summed E-state index contributed by atoms with van der Waals surface area (Å²) in [5, 5.41) is 11.1. The van der Waals surface area contributed by atoms with Crippen LogP contribution >= 0.6 is 0 Å². The van der Waals surface area contributed by atoms with Gasteiger partial charge in [-0.25, -0.2) is 0 Å². The second kappa shape index (κ2) is 8.36. The fraction of sp³-hybridized carbons (Fsp3) is 0.444. The fourth-order valence-corrected chi connectivity index (χ4v) is 3.19. The van der Waals surface area contributed by atoms with Crippen molar-refractivity contribution in [3.05, 3.63) is 46.0 Å². The van der Waals surface area contributed by atoms with Gasteiger partial charge in [0.15, 0.2) is 0 Å². The van der Waals surface area contributed by atoms with Crippen LogP contribution in [0.15, 0.2) is 30.4 Å². The minimum Gasteiger partial charge on any atom is -0.490 e. The molecule has 0 saturated carbocycles. The normalized spacial score (nSPS) is 23.7. The highest BCUT2D eigenvalue weighted by atomic mass is 16.6. The van der Waals surface area contributed by atoms with E-state index in [4.69, 9.17) is 14.2 Å². The van der Waals surface area contributed by atoms with Crippen LogP contribution in [0.4, 0.5) is 5.69 Å². The third-order valence-corrected chi connectivity index (χ3v) is 4.55. The zero-order valence-electron chi connectivity index (χ0n) is 15.4. The molecule has 0 aliphatic carbocycles. The molecular formula is C18H20N2O8. The van der Waals surface area contributed by atoms with Gasteiger partial charge >= 0.3 is 5.97 Å². The number of non-ortho nitro benzene ring substituents is 1. The Morgan fingerprint density at radius 3 is 2.82 bits per heavy atom. The van der Waals surface area contributed by atoms with E-state index in [0.29, 0.717) is 0 Å². The van der Waals surface area contributed by atoms with Gasteiger partial charge in [0.05, 0.1) is 36.2 Å². The monoisotopic (exact) mass is 392 g/mol. The summed E-state index contributed by atoms with van der Waals surface area (Å²) in [7, 11) is 2.74. The van der Waals surface area contributed by atoms with Gasteiger partial charge in [0.25, 0.3) is 11.6 Å². The molecule has 10 nitrogen and oxygen atoms in total. The van der Waals surface area contributed by atoms with Crippen molar-refractivity contribution in [3.63, 3.8) is 0 Å². The fourth-order valence-electron chi connectivity index (χ4n) is 3.19. The molecule has 0 aromatic heterocycles. The first-order valence-electron chi connectivity index (χ1n) is 8.56. The summed E-state index contributed by atoms with van der Waals surface area (Å²) in [5.41, 5.74) is -0.131. The van der Waals surface area contributed by atoms with E-state index in [2.05, 4.69) is 4.74 Å². The summed E-state index contributed by atoms with van der Waals surface area (Å²) in [5.74, 6) is -0.671. The Morgan fingerprint density at radius 1 is 1.36 bits per heavy atom. The molecule has 1 amide bonds. The Hall–Kier alpha value is -2.98. The van der Waals surface area contributed by atoms with Crippen molar-refractivity contribution in [3.8, 4) is 5.75 Å². The van der Waals surface area contributed by atoms with Crippen molar-refractivity contribution in [2.24, 2.45) is 0 Å². The number of nitro groups is 1. The number of carbonyl (C=O) groups is 2. The molecule has 2 aliphatic heterocycles. The van der Waals surface area contributed by atoms with Crippen molar-refractivity contribution in [1.29, 1.82) is 0 Å². The Kier molecular flexibility index (Phi) is 5.90. The zero-order chi connectivity index (χ0) is 20.3. The smallest absolute Gasteiger partial charge is 0.308 e. The Morgan fingerprint density at radius 2 is 2.14 bits per heavy atom. The Labute approximate surface area is 160 Å².